The number of aryl methyl sites for hydroxylation is 2. The van der Waals surface area contributed by atoms with E-state index in [1.165, 1.54) is 28.6 Å². The molecule has 0 aliphatic heterocycles. The van der Waals surface area contributed by atoms with E-state index in [0.717, 1.165) is 42.5 Å². The Morgan fingerprint density at radius 1 is 1.04 bits per heavy atom. The van der Waals surface area contributed by atoms with E-state index in [1.807, 2.05) is 12.1 Å². The normalized spacial score (nSPS) is 11.3. The van der Waals surface area contributed by atoms with Gasteiger partial charge in [-0.2, -0.15) is 0 Å². The van der Waals surface area contributed by atoms with Crippen molar-refractivity contribution in [1.82, 2.24) is 4.98 Å². The van der Waals surface area contributed by atoms with E-state index in [-0.39, 0.29) is 5.82 Å². The number of hydrogen-bond donors (Lipinski definition) is 2. The van der Waals surface area contributed by atoms with Gasteiger partial charge in [0, 0.05) is 16.6 Å². The lowest BCUT2D eigenvalue weighted by molar-refractivity contribution is 0.628. The topological polar surface area (TPSA) is 41.8 Å². The van der Waals surface area contributed by atoms with Gasteiger partial charge in [0.05, 0.1) is 0 Å². The molecule has 0 saturated heterocycles. The molecular weight excluding hydrogens is 287 g/mol. The Hall–Kier alpha value is -2.13. The lowest BCUT2D eigenvalue weighted by atomic mass is 9.99. The molecule has 23 heavy (non-hydrogen) atoms. The van der Waals surface area contributed by atoms with Crippen LogP contribution in [0.2, 0.25) is 0 Å². The molecule has 0 saturated carbocycles. The summed E-state index contributed by atoms with van der Waals surface area (Å²) in [6, 6.07) is 13.3. The Labute approximate surface area is 136 Å². The largest absolute Gasteiger partial charge is 0.354 e. The summed E-state index contributed by atoms with van der Waals surface area (Å²) in [6.45, 7) is 2.89. The van der Waals surface area contributed by atoms with Crippen LogP contribution in [0.1, 0.15) is 30.9 Å². The van der Waals surface area contributed by atoms with Crippen LogP contribution in [-0.2, 0) is 12.8 Å². The summed E-state index contributed by atoms with van der Waals surface area (Å²) >= 11 is 0. The van der Waals surface area contributed by atoms with Gasteiger partial charge in [-0.1, -0.05) is 13.0 Å². The summed E-state index contributed by atoms with van der Waals surface area (Å²) in [5.41, 5.74) is 11.6. The monoisotopic (exact) mass is 310 g/mol. The molecule has 2 nitrogen and oxygen atoms in total. The Kier molecular flexibility index (Phi) is 4.77. The van der Waals surface area contributed by atoms with Gasteiger partial charge in [0.15, 0.2) is 0 Å². The van der Waals surface area contributed by atoms with Crippen LogP contribution in [0.3, 0.4) is 0 Å². The summed E-state index contributed by atoms with van der Waals surface area (Å²) in [5, 5.41) is 1.28. The Morgan fingerprint density at radius 3 is 2.52 bits per heavy atom. The van der Waals surface area contributed by atoms with Gasteiger partial charge in [-0.05, 0) is 85.3 Å². The van der Waals surface area contributed by atoms with Crippen molar-refractivity contribution < 1.29 is 4.39 Å². The van der Waals surface area contributed by atoms with Crippen molar-refractivity contribution in [3.05, 3.63) is 59.4 Å². The van der Waals surface area contributed by atoms with E-state index in [9.17, 15) is 4.39 Å². The first kappa shape index (κ1) is 15.8. The number of hydrogen-bond acceptors (Lipinski definition) is 1. The maximum Gasteiger partial charge on any atom is 0.123 e. The van der Waals surface area contributed by atoms with Gasteiger partial charge < -0.3 is 10.7 Å². The Bertz CT molecular complexity index is 787. The van der Waals surface area contributed by atoms with E-state index in [0.29, 0.717) is 6.54 Å². The lowest BCUT2D eigenvalue weighted by Gasteiger charge is -2.06. The maximum absolute atomic E-state index is 13.2. The number of benzene rings is 2. The number of rotatable bonds is 6. The molecule has 120 valence electrons. The predicted octanol–water partition coefficient (Wildman–Crippen LogP) is 4.82. The number of fused-ring (bicyclic) bond motifs is 1. The number of H-pyrrole nitrogens is 1. The van der Waals surface area contributed by atoms with Crippen molar-refractivity contribution in [2.75, 3.05) is 6.54 Å². The zero-order chi connectivity index (χ0) is 16.2. The summed E-state index contributed by atoms with van der Waals surface area (Å²) in [4.78, 5) is 3.52. The molecule has 0 fully saturated rings. The average Bonchev–Trinajstić information content (AvgIpc) is 2.93. The second-order valence-corrected chi connectivity index (χ2v) is 5.96. The number of aromatic amines is 1. The molecule has 0 bridgehead atoms. The minimum absolute atomic E-state index is 0.206. The third-order valence-electron chi connectivity index (χ3n) is 4.39. The van der Waals surface area contributed by atoms with E-state index < -0.39 is 0 Å². The highest BCUT2D eigenvalue weighted by molar-refractivity contribution is 5.91. The molecule has 1 heterocycles. The Balaban J connectivity index is 2.10. The van der Waals surface area contributed by atoms with Crippen LogP contribution < -0.4 is 5.73 Å². The molecule has 2 aromatic carbocycles. The van der Waals surface area contributed by atoms with Crippen molar-refractivity contribution in [2.24, 2.45) is 5.73 Å². The average molecular weight is 310 g/mol. The van der Waals surface area contributed by atoms with Crippen molar-refractivity contribution in [2.45, 2.75) is 32.6 Å². The zero-order valence-corrected chi connectivity index (χ0v) is 13.5. The van der Waals surface area contributed by atoms with Crippen LogP contribution in [0, 0.1) is 5.82 Å². The van der Waals surface area contributed by atoms with E-state index >= 15 is 0 Å². The maximum atomic E-state index is 13.2. The van der Waals surface area contributed by atoms with Crippen LogP contribution in [0.5, 0.6) is 0 Å². The fourth-order valence-electron chi connectivity index (χ4n) is 3.08. The van der Waals surface area contributed by atoms with Crippen LogP contribution in [0.15, 0.2) is 42.5 Å². The SMILES string of the molecule is CCc1ccc2[nH]c(-c3ccc(F)cc3)c(CCCCN)c2c1. The fraction of sp³-hybridized carbons (Fsp3) is 0.300. The van der Waals surface area contributed by atoms with Crippen LogP contribution in [0.4, 0.5) is 4.39 Å². The molecule has 0 aliphatic carbocycles. The molecule has 1 aromatic heterocycles. The fourth-order valence-corrected chi connectivity index (χ4v) is 3.08. The minimum Gasteiger partial charge on any atom is -0.354 e. The minimum atomic E-state index is -0.206. The lowest BCUT2D eigenvalue weighted by Crippen LogP contribution is -1.99. The molecule has 0 radical (unpaired) electrons. The highest BCUT2D eigenvalue weighted by Gasteiger charge is 2.13. The van der Waals surface area contributed by atoms with Crippen molar-refractivity contribution in [3.8, 4) is 11.3 Å². The molecule has 0 spiro atoms. The molecule has 3 aromatic rings. The van der Waals surface area contributed by atoms with Gasteiger partial charge >= 0.3 is 0 Å². The smallest absolute Gasteiger partial charge is 0.123 e. The molecule has 3 rings (SSSR count). The summed E-state index contributed by atoms with van der Waals surface area (Å²) in [5.74, 6) is -0.206. The van der Waals surface area contributed by atoms with E-state index in [4.69, 9.17) is 5.73 Å². The van der Waals surface area contributed by atoms with Crippen LogP contribution >= 0.6 is 0 Å². The molecule has 0 aliphatic rings. The first-order valence-corrected chi connectivity index (χ1v) is 8.32. The number of unbranched alkanes of at least 4 members (excludes halogenated alkanes) is 1. The van der Waals surface area contributed by atoms with Crippen LogP contribution in [-0.4, -0.2) is 11.5 Å². The first-order valence-electron chi connectivity index (χ1n) is 8.32. The number of aromatic nitrogens is 1. The Morgan fingerprint density at radius 2 is 1.83 bits per heavy atom. The second kappa shape index (κ2) is 6.97. The van der Waals surface area contributed by atoms with Crippen LogP contribution in [0.25, 0.3) is 22.2 Å². The standard InChI is InChI=1S/C20H23FN2/c1-2-14-6-11-19-18(13-14)17(5-3-4-12-22)20(23-19)15-7-9-16(21)10-8-15/h6-11,13,23H,2-5,12,22H2,1H3. The van der Waals surface area contributed by atoms with Gasteiger partial charge in [0.2, 0.25) is 0 Å². The molecule has 3 N–H and O–H groups in total. The van der Waals surface area contributed by atoms with Gasteiger partial charge in [-0.15, -0.1) is 0 Å². The molecule has 3 heteroatoms. The highest BCUT2D eigenvalue weighted by atomic mass is 19.1. The second-order valence-electron chi connectivity index (χ2n) is 5.96. The first-order chi connectivity index (χ1) is 11.2. The van der Waals surface area contributed by atoms with Crippen molar-refractivity contribution in [3.63, 3.8) is 0 Å². The number of nitrogens with two attached hydrogens (primary N) is 1. The molecule has 0 unspecified atom stereocenters. The van der Waals surface area contributed by atoms with E-state index in [1.54, 1.807) is 0 Å². The van der Waals surface area contributed by atoms with Gasteiger partial charge in [-0.3, -0.25) is 0 Å². The van der Waals surface area contributed by atoms with Gasteiger partial charge in [0.25, 0.3) is 0 Å². The highest BCUT2D eigenvalue weighted by Crippen LogP contribution is 2.32. The summed E-state index contributed by atoms with van der Waals surface area (Å²) in [7, 11) is 0. The zero-order valence-electron chi connectivity index (χ0n) is 13.5. The van der Waals surface area contributed by atoms with Gasteiger partial charge in [-0.25, -0.2) is 4.39 Å². The van der Waals surface area contributed by atoms with E-state index in [2.05, 4.69) is 30.1 Å². The molecule has 0 amide bonds. The van der Waals surface area contributed by atoms with Crippen molar-refractivity contribution >= 4 is 10.9 Å². The predicted molar refractivity (Wildman–Crippen MR) is 95.1 cm³/mol. The van der Waals surface area contributed by atoms with Gasteiger partial charge in [0.1, 0.15) is 5.82 Å². The molecule has 0 atom stereocenters. The summed E-state index contributed by atoms with van der Waals surface area (Å²) < 4.78 is 13.2. The van der Waals surface area contributed by atoms with Crippen molar-refractivity contribution in [1.29, 1.82) is 0 Å². The number of nitrogens with one attached hydrogen (secondary N) is 1. The summed E-state index contributed by atoms with van der Waals surface area (Å²) in [6.07, 6.45) is 4.09. The third kappa shape index (κ3) is 3.30. The third-order valence-corrected chi connectivity index (χ3v) is 4.39. The quantitative estimate of drug-likeness (QED) is 0.630. The number of halogens is 1. The molecular formula is C20H23FN2.